The van der Waals surface area contributed by atoms with Crippen LogP contribution in [0, 0.1) is 0 Å². The third kappa shape index (κ3) is 2.73. The molecule has 0 radical (unpaired) electrons. The molecule has 0 saturated carbocycles. The number of benzene rings is 1. The molecule has 0 amide bonds. The molecule has 1 saturated heterocycles. The van der Waals surface area contributed by atoms with Crippen LogP contribution in [0.5, 0.6) is 0 Å². The lowest BCUT2D eigenvalue weighted by atomic mass is 10.2. The summed E-state index contributed by atoms with van der Waals surface area (Å²) in [4.78, 5) is 12.3. The summed E-state index contributed by atoms with van der Waals surface area (Å²) in [7, 11) is -3.44. The predicted octanol–water partition coefficient (Wildman–Crippen LogP) is 2.65. The van der Waals surface area contributed by atoms with Crippen LogP contribution in [-0.4, -0.2) is 30.4 Å². The Balaban J connectivity index is 2.03. The molecule has 0 bridgehead atoms. The van der Waals surface area contributed by atoms with Crippen molar-refractivity contribution in [1.29, 1.82) is 0 Å². The van der Waals surface area contributed by atoms with Crippen LogP contribution in [0.2, 0.25) is 0 Å². The monoisotopic (exact) mass is 340 g/mol. The first-order chi connectivity index (χ1) is 10.5. The largest absolute Gasteiger partial charge is 0.308 e. The second kappa shape index (κ2) is 6.14. The minimum Gasteiger partial charge on any atom is -0.299 e. The van der Waals surface area contributed by atoms with Crippen LogP contribution in [0.1, 0.15) is 32.6 Å². The van der Waals surface area contributed by atoms with Crippen molar-refractivity contribution in [2.75, 3.05) is 13.1 Å². The first-order valence-electron chi connectivity index (χ1n) is 7.67. The Morgan fingerprint density at radius 1 is 1.18 bits per heavy atom. The molecule has 22 heavy (non-hydrogen) atoms. The van der Waals surface area contributed by atoms with E-state index in [9.17, 15) is 13.2 Å². The van der Waals surface area contributed by atoms with Gasteiger partial charge >= 0.3 is 4.87 Å². The molecule has 120 valence electrons. The Bertz CT molecular complexity index is 830. The topological polar surface area (TPSA) is 59.4 Å². The van der Waals surface area contributed by atoms with Crippen molar-refractivity contribution in [2.24, 2.45) is 0 Å². The van der Waals surface area contributed by atoms with Crippen LogP contribution in [0.25, 0.3) is 10.2 Å². The van der Waals surface area contributed by atoms with E-state index in [4.69, 9.17) is 0 Å². The van der Waals surface area contributed by atoms with Crippen molar-refractivity contribution in [2.45, 2.75) is 44.0 Å². The van der Waals surface area contributed by atoms with Gasteiger partial charge in [0.05, 0.1) is 15.1 Å². The number of aryl methyl sites for hydroxylation is 1. The minimum absolute atomic E-state index is 0.0237. The third-order valence-electron chi connectivity index (χ3n) is 4.04. The highest BCUT2D eigenvalue weighted by Crippen LogP contribution is 2.25. The first kappa shape index (κ1) is 15.7. The van der Waals surface area contributed by atoms with Crippen molar-refractivity contribution >= 4 is 31.6 Å². The molecule has 5 nitrogen and oxygen atoms in total. The van der Waals surface area contributed by atoms with Gasteiger partial charge in [0, 0.05) is 19.6 Å². The number of hydrogen-bond donors (Lipinski definition) is 0. The van der Waals surface area contributed by atoms with Gasteiger partial charge in [-0.25, -0.2) is 8.42 Å². The maximum Gasteiger partial charge on any atom is 0.308 e. The van der Waals surface area contributed by atoms with Gasteiger partial charge in [-0.15, -0.1) is 0 Å². The van der Waals surface area contributed by atoms with Gasteiger partial charge in [-0.2, -0.15) is 4.31 Å². The number of aromatic nitrogens is 1. The smallest absolute Gasteiger partial charge is 0.299 e. The Morgan fingerprint density at radius 3 is 2.59 bits per heavy atom. The van der Waals surface area contributed by atoms with Crippen molar-refractivity contribution in [3.8, 4) is 0 Å². The van der Waals surface area contributed by atoms with Gasteiger partial charge in [0.25, 0.3) is 0 Å². The maximum absolute atomic E-state index is 12.7. The fourth-order valence-electron chi connectivity index (χ4n) is 2.90. The molecule has 0 atom stereocenters. The van der Waals surface area contributed by atoms with Gasteiger partial charge in [0.1, 0.15) is 0 Å². The highest BCUT2D eigenvalue weighted by molar-refractivity contribution is 7.89. The molecular formula is C15H20N2O3S2. The van der Waals surface area contributed by atoms with Gasteiger partial charge in [-0.1, -0.05) is 24.7 Å². The van der Waals surface area contributed by atoms with Crippen molar-refractivity contribution in [1.82, 2.24) is 8.87 Å². The molecule has 7 heteroatoms. The lowest BCUT2D eigenvalue weighted by molar-refractivity contribution is 0.346. The standard InChI is InChI=1S/C15H20N2O3S2/c1-2-8-17-13-7-6-12(11-14(13)21-15(17)18)22(19,20)16-9-4-3-5-10-16/h6-7,11H,2-5,8-10H2,1H3. The van der Waals surface area contributed by atoms with Crippen LogP contribution in [0.15, 0.2) is 27.9 Å². The summed E-state index contributed by atoms with van der Waals surface area (Å²) in [5.74, 6) is 0. The zero-order valence-corrected chi connectivity index (χ0v) is 14.3. The van der Waals surface area contributed by atoms with Crippen LogP contribution in [0.3, 0.4) is 0 Å². The molecule has 1 fully saturated rings. The van der Waals surface area contributed by atoms with E-state index in [0.29, 0.717) is 24.5 Å². The van der Waals surface area contributed by atoms with E-state index in [1.54, 1.807) is 27.1 Å². The number of rotatable bonds is 4. The number of piperidine rings is 1. The number of fused-ring (bicyclic) bond motifs is 1. The summed E-state index contributed by atoms with van der Waals surface area (Å²) < 4.78 is 29.4. The van der Waals surface area contributed by atoms with Gasteiger partial charge < -0.3 is 0 Å². The van der Waals surface area contributed by atoms with Crippen molar-refractivity contribution in [3.63, 3.8) is 0 Å². The second-order valence-corrected chi connectivity index (χ2v) is 8.55. The van der Waals surface area contributed by atoms with Crippen molar-refractivity contribution in [3.05, 3.63) is 27.9 Å². The molecule has 2 aromatic rings. The molecule has 0 unspecified atom stereocenters. The zero-order valence-electron chi connectivity index (χ0n) is 12.6. The quantitative estimate of drug-likeness (QED) is 0.860. The highest BCUT2D eigenvalue weighted by Gasteiger charge is 2.26. The molecule has 0 aliphatic carbocycles. The van der Waals surface area contributed by atoms with Crippen molar-refractivity contribution < 1.29 is 8.42 Å². The number of nitrogens with zero attached hydrogens (tertiary/aromatic N) is 2. The van der Waals surface area contributed by atoms with Crippen LogP contribution in [0.4, 0.5) is 0 Å². The van der Waals surface area contributed by atoms with Crippen LogP contribution in [-0.2, 0) is 16.6 Å². The summed E-state index contributed by atoms with van der Waals surface area (Å²) in [6, 6.07) is 5.04. The Morgan fingerprint density at radius 2 is 1.91 bits per heavy atom. The molecule has 1 aliphatic rings. The third-order valence-corrected chi connectivity index (χ3v) is 6.88. The lowest BCUT2D eigenvalue weighted by Gasteiger charge is -2.25. The molecule has 2 heterocycles. The fourth-order valence-corrected chi connectivity index (χ4v) is 5.47. The van der Waals surface area contributed by atoms with Gasteiger partial charge in [-0.05, 0) is 37.5 Å². The second-order valence-electron chi connectivity index (χ2n) is 5.61. The van der Waals surface area contributed by atoms with E-state index < -0.39 is 10.0 Å². The minimum atomic E-state index is -3.44. The van der Waals surface area contributed by atoms with E-state index in [0.717, 1.165) is 47.2 Å². The fraction of sp³-hybridized carbons (Fsp3) is 0.533. The summed E-state index contributed by atoms with van der Waals surface area (Å²) in [5.41, 5.74) is 0.828. The summed E-state index contributed by atoms with van der Waals surface area (Å²) >= 11 is 1.12. The average molecular weight is 340 g/mol. The predicted molar refractivity (Wildman–Crippen MR) is 89.0 cm³/mol. The van der Waals surface area contributed by atoms with E-state index in [-0.39, 0.29) is 4.87 Å². The summed E-state index contributed by atoms with van der Waals surface area (Å²) in [5, 5.41) is 0. The molecule has 1 aliphatic heterocycles. The summed E-state index contributed by atoms with van der Waals surface area (Å²) in [6.07, 6.45) is 3.80. The van der Waals surface area contributed by atoms with Crippen LogP contribution >= 0.6 is 11.3 Å². The number of thiazole rings is 1. The molecule has 1 aromatic heterocycles. The van der Waals surface area contributed by atoms with Gasteiger partial charge in [0.2, 0.25) is 10.0 Å². The lowest BCUT2D eigenvalue weighted by Crippen LogP contribution is -2.35. The molecule has 3 rings (SSSR count). The van der Waals surface area contributed by atoms with Gasteiger partial charge in [-0.3, -0.25) is 9.36 Å². The summed E-state index contributed by atoms with van der Waals surface area (Å²) in [6.45, 7) is 3.86. The van der Waals surface area contributed by atoms with E-state index in [1.807, 2.05) is 6.92 Å². The van der Waals surface area contributed by atoms with E-state index >= 15 is 0 Å². The molecular weight excluding hydrogens is 320 g/mol. The maximum atomic E-state index is 12.7. The van der Waals surface area contributed by atoms with Gasteiger partial charge in [0.15, 0.2) is 0 Å². The molecule has 0 N–H and O–H groups in total. The highest BCUT2D eigenvalue weighted by atomic mass is 32.2. The van der Waals surface area contributed by atoms with Crippen LogP contribution < -0.4 is 4.87 Å². The number of sulfonamides is 1. The van der Waals surface area contributed by atoms with E-state index in [2.05, 4.69) is 0 Å². The Labute approximate surface area is 134 Å². The first-order valence-corrected chi connectivity index (χ1v) is 9.93. The normalized spacial score (nSPS) is 17.1. The average Bonchev–Trinajstić information content (AvgIpc) is 2.84. The SMILES string of the molecule is CCCn1c(=O)sc2cc(S(=O)(=O)N3CCCCC3)ccc21. The molecule has 1 aromatic carbocycles. The van der Waals surface area contributed by atoms with E-state index in [1.165, 1.54) is 0 Å². The molecule has 0 spiro atoms. The number of hydrogen-bond acceptors (Lipinski definition) is 4. The zero-order chi connectivity index (χ0) is 15.7. The Kier molecular flexibility index (Phi) is 4.38. The Hall–Kier alpha value is -1.18.